The molecule has 0 aromatic carbocycles. The number of hydrogen-bond donors (Lipinski definition) is 1. The van der Waals surface area contributed by atoms with Crippen LogP contribution >= 0.6 is 11.3 Å². The van der Waals surface area contributed by atoms with Gasteiger partial charge in [0.05, 0.1) is 19.3 Å². The van der Waals surface area contributed by atoms with Crippen molar-refractivity contribution < 1.29 is 19.4 Å². The maximum Gasteiger partial charge on any atom is 0.352 e. The van der Waals surface area contributed by atoms with E-state index >= 15 is 0 Å². The number of rotatable bonds is 2. The lowest BCUT2D eigenvalue weighted by Crippen LogP contribution is -2.52. The largest absolute Gasteiger partial charge is 0.477 e. The molecule has 3 aliphatic heterocycles. The van der Waals surface area contributed by atoms with Gasteiger partial charge in [0.25, 0.3) is 5.91 Å². The van der Waals surface area contributed by atoms with E-state index in [1.54, 1.807) is 17.4 Å². The minimum absolute atomic E-state index is 0.0982. The minimum atomic E-state index is -1.03. The Hall–Kier alpha value is -1.92. The first-order chi connectivity index (χ1) is 10.1. The van der Waals surface area contributed by atoms with Gasteiger partial charge in [0.2, 0.25) is 0 Å². The van der Waals surface area contributed by atoms with Gasteiger partial charge in [-0.05, 0) is 24.1 Å². The number of carboxylic acid groups (broad SMARTS) is 1. The molecule has 1 N–H and O–H groups in total. The van der Waals surface area contributed by atoms with Crippen LogP contribution in [0.1, 0.15) is 21.7 Å². The van der Waals surface area contributed by atoms with E-state index in [1.807, 2.05) is 6.08 Å². The van der Waals surface area contributed by atoms with Gasteiger partial charge in [-0.3, -0.25) is 9.69 Å². The van der Waals surface area contributed by atoms with E-state index in [1.165, 1.54) is 15.3 Å². The highest BCUT2D eigenvalue weighted by atomic mass is 32.1. The Morgan fingerprint density at radius 3 is 3.14 bits per heavy atom. The van der Waals surface area contributed by atoms with Gasteiger partial charge in [-0.15, -0.1) is 11.3 Å². The molecule has 1 unspecified atom stereocenters. The Labute approximate surface area is 125 Å². The fourth-order valence-electron chi connectivity index (χ4n) is 3.07. The summed E-state index contributed by atoms with van der Waals surface area (Å²) in [7, 11) is 0. The van der Waals surface area contributed by atoms with E-state index in [0.29, 0.717) is 18.6 Å². The van der Waals surface area contributed by atoms with Crippen molar-refractivity contribution in [3.05, 3.63) is 38.7 Å². The topological polar surface area (TPSA) is 66.8 Å². The zero-order valence-corrected chi connectivity index (χ0v) is 12.0. The van der Waals surface area contributed by atoms with Gasteiger partial charge in [-0.2, -0.15) is 0 Å². The lowest BCUT2D eigenvalue weighted by atomic mass is 9.94. The molecule has 1 aromatic heterocycles. The van der Waals surface area contributed by atoms with Crippen LogP contribution < -0.4 is 0 Å². The van der Waals surface area contributed by atoms with E-state index in [9.17, 15) is 9.59 Å². The van der Waals surface area contributed by atoms with Crippen molar-refractivity contribution in [2.45, 2.75) is 25.5 Å². The summed E-state index contributed by atoms with van der Waals surface area (Å²) in [5.41, 5.74) is 2.03. The molecule has 0 spiro atoms. The number of carboxylic acids is 1. The van der Waals surface area contributed by atoms with Crippen LogP contribution in [0.4, 0.5) is 0 Å². The van der Waals surface area contributed by atoms with E-state index in [2.05, 4.69) is 6.07 Å². The number of nitrogens with zero attached hydrogens (tertiary/aromatic N) is 1. The van der Waals surface area contributed by atoms with E-state index < -0.39 is 5.97 Å². The summed E-state index contributed by atoms with van der Waals surface area (Å²) in [5, 5.41) is 9.05. The van der Waals surface area contributed by atoms with Crippen molar-refractivity contribution in [3.8, 4) is 0 Å². The molecule has 4 heterocycles. The molecule has 0 aliphatic carbocycles. The Kier molecular flexibility index (Phi) is 2.77. The first-order valence-electron chi connectivity index (χ1n) is 6.83. The number of amides is 1. The van der Waals surface area contributed by atoms with Crippen molar-refractivity contribution in [3.63, 3.8) is 0 Å². The zero-order chi connectivity index (χ0) is 14.6. The number of aliphatic carboxylic acids is 1. The second-order valence-electron chi connectivity index (χ2n) is 5.32. The van der Waals surface area contributed by atoms with Gasteiger partial charge in [-0.25, -0.2) is 4.79 Å². The van der Waals surface area contributed by atoms with E-state index in [0.717, 1.165) is 17.9 Å². The number of β-lactam (4-membered cyclic amide) rings is 1. The van der Waals surface area contributed by atoms with E-state index in [4.69, 9.17) is 9.84 Å². The number of carbonyl (C=O) groups excluding carboxylic acids is 1. The molecule has 108 valence electrons. The fourth-order valence-corrected chi connectivity index (χ4v) is 4.18. The van der Waals surface area contributed by atoms with Crippen LogP contribution in [-0.4, -0.2) is 34.5 Å². The van der Waals surface area contributed by atoms with Crippen molar-refractivity contribution in [2.24, 2.45) is 0 Å². The van der Waals surface area contributed by atoms with Gasteiger partial charge in [0.1, 0.15) is 5.70 Å². The Bertz CT molecular complexity index is 692. The fraction of sp³-hybridized carbons (Fsp3) is 0.333. The van der Waals surface area contributed by atoms with Crippen LogP contribution in [0.3, 0.4) is 0 Å². The highest BCUT2D eigenvalue weighted by Gasteiger charge is 2.48. The van der Waals surface area contributed by atoms with Crippen LogP contribution in [-0.2, 0) is 27.4 Å². The predicted molar refractivity (Wildman–Crippen MR) is 76.6 cm³/mol. The smallest absolute Gasteiger partial charge is 0.352 e. The summed E-state index contributed by atoms with van der Waals surface area (Å²) in [6.07, 6.45) is 5.05. The molecular weight excluding hydrogens is 290 g/mol. The molecular formula is C15H13NO4S. The van der Waals surface area contributed by atoms with Gasteiger partial charge in [-0.1, -0.05) is 6.08 Å². The standard InChI is InChI=1S/C15H13NO4S/c17-14-10(11-1-2-12(15(18)19)16(11)14)6-9-5-8-7-20-4-3-13(8)21-9/h2,5-6,11H,1,3-4,7H2,(H,18,19)/b10-6+. The molecule has 0 saturated carbocycles. The molecule has 3 aliphatic rings. The summed E-state index contributed by atoms with van der Waals surface area (Å²) >= 11 is 1.70. The highest BCUT2D eigenvalue weighted by Crippen LogP contribution is 2.40. The first-order valence-corrected chi connectivity index (χ1v) is 7.65. The molecule has 1 atom stereocenters. The number of hydrogen-bond acceptors (Lipinski definition) is 4. The lowest BCUT2D eigenvalue weighted by Gasteiger charge is -2.38. The third kappa shape index (κ3) is 1.86. The number of ether oxygens (including phenoxy) is 1. The van der Waals surface area contributed by atoms with Crippen molar-refractivity contribution in [1.82, 2.24) is 4.90 Å². The molecule has 5 nitrogen and oxygen atoms in total. The quantitative estimate of drug-likeness (QED) is 0.668. The Balaban J connectivity index is 1.60. The predicted octanol–water partition coefficient (Wildman–Crippen LogP) is 1.79. The molecule has 0 bridgehead atoms. The summed E-state index contributed by atoms with van der Waals surface area (Å²) in [6.45, 7) is 1.40. The molecule has 0 radical (unpaired) electrons. The van der Waals surface area contributed by atoms with Crippen molar-refractivity contribution >= 4 is 29.3 Å². The van der Waals surface area contributed by atoms with Crippen LogP contribution in [0.2, 0.25) is 0 Å². The van der Waals surface area contributed by atoms with Crippen LogP contribution in [0, 0.1) is 0 Å². The summed E-state index contributed by atoms with van der Waals surface area (Å²) < 4.78 is 5.42. The average molecular weight is 303 g/mol. The first kappa shape index (κ1) is 12.8. The van der Waals surface area contributed by atoms with E-state index in [-0.39, 0.29) is 17.6 Å². The van der Waals surface area contributed by atoms with Gasteiger partial charge < -0.3 is 9.84 Å². The number of fused-ring (bicyclic) bond motifs is 2. The minimum Gasteiger partial charge on any atom is -0.477 e. The third-order valence-corrected chi connectivity index (χ3v) is 5.28. The molecule has 1 amide bonds. The van der Waals surface area contributed by atoms with Crippen LogP contribution in [0.25, 0.3) is 6.08 Å². The van der Waals surface area contributed by atoms with Crippen LogP contribution in [0.5, 0.6) is 0 Å². The molecule has 4 rings (SSSR count). The Morgan fingerprint density at radius 1 is 1.52 bits per heavy atom. The maximum absolute atomic E-state index is 12.1. The molecule has 1 fully saturated rings. The maximum atomic E-state index is 12.1. The molecule has 1 saturated heterocycles. The van der Waals surface area contributed by atoms with Crippen molar-refractivity contribution in [2.75, 3.05) is 6.61 Å². The normalized spacial score (nSPS) is 25.4. The van der Waals surface area contributed by atoms with Gasteiger partial charge >= 0.3 is 5.97 Å². The monoisotopic (exact) mass is 303 g/mol. The SMILES string of the molecule is O=C(O)C1=CCC2/C(=C\c3cc4c(s3)CCOC4)C(=O)N12. The third-order valence-electron chi connectivity index (χ3n) is 4.09. The molecule has 21 heavy (non-hydrogen) atoms. The van der Waals surface area contributed by atoms with Crippen molar-refractivity contribution in [1.29, 1.82) is 0 Å². The molecule has 6 heteroatoms. The average Bonchev–Trinajstić information content (AvgIpc) is 3.05. The highest BCUT2D eigenvalue weighted by molar-refractivity contribution is 7.13. The zero-order valence-electron chi connectivity index (χ0n) is 11.2. The lowest BCUT2D eigenvalue weighted by molar-refractivity contribution is -0.142. The second kappa shape index (κ2) is 4.54. The summed E-state index contributed by atoms with van der Waals surface area (Å²) in [6, 6.07) is 1.97. The second-order valence-corrected chi connectivity index (χ2v) is 6.49. The van der Waals surface area contributed by atoms with Gasteiger partial charge in [0.15, 0.2) is 0 Å². The van der Waals surface area contributed by atoms with Crippen LogP contribution in [0.15, 0.2) is 23.4 Å². The summed E-state index contributed by atoms with van der Waals surface area (Å²) in [4.78, 5) is 26.9. The summed E-state index contributed by atoms with van der Waals surface area (Å²) in [5.74, 6) is -1.22. The number of thiophene rings is 1. The van der Waals surface area contributed by atoms with Gasteiger partial charge in [0, 0.05) is 21.7 Å². The Morgan fingerprint density at radius 2 is 2.38 bits per heavy atom. The molecule has 1 aromatic rings. The number of carbonyl (C=O) groups is 2.